The molecule has 0 saturated heterocycles. The molecule has 66 valence electrons. The monoisotopic (exact) mass is 175 g/mol. The summed E-state index contributed by atoms with van der Waals surface area (Å²) in [5.41, 5.74) is 2.65. The standard InChI is InChI=1S/C10H9NO2/c12-10(13)9-6-3-5-1-2-11-4-7(5)8(6)9/h2-3,5,7H,1,4H2,(H,12,13). The van der Waals surface area contributed by atoms with Gasteiger partial charge in [0.2, 0.25) is 0 Å². The molecule has 0 fully saturated rings. The summed E-state index contributed by atoms with van der Waals surface area (Å²) in [6.07, 6.45) is 5.03. The molecule has 0 amide bonds. The molecule has 1 heterocycles. The third-order valence-corrected chi connectivity index (χ3v) is 3.06. The summed E-state index contributed by atoms with van der Waals surface area (Å²) in [7, 11) is 0. The van der Waals surface area contributed by atoms with Crippen molar-refractivity contribution in [2.75, 3.05) is 6.54 Å². The molecular weight excluding hydrogens is 166 g/mol. The van der Waals surface area contributed by atoms with Crippen LogP contribution in [0.15, 0.2) is 27.8 Å². The van der Waals surface area contributed by atoms with E-state index in [1.165, 1.54) is 0 Å². The Morgan fingerprint density at radius 1 is 1.62 bits per heavy atom. The van der Waals surface area contributed by atoms with Crippen molar-refractivity contribution >= 4 is 12.2 Å². The minimum atomic E-state index is -0.769. The van der Waals surface area contributed by atoms with E-state index in [1.54, 1.807) is 0 Å². The highest BCUT2D eigenvalue weighted by molar-refractivity contribution is 6.05. The van der Waals surface area contributed by atoms with Crippen molar-refractivity contribution in [1.82, 2.24) is 0 Å². The molecule has 1 aliphatic heterocycles. The minimum Gasteiger partial charge on any atom is -0.478 e. The lowest BCUT2D eigenvalue weighted by atomic mass is 9.89. The highest BCUT2D eigenvalue weighted by Gasteiger charge is 2.47. The molecule has 3 rings (SSSR count). The fourth-order valence-corrected chi connectivity index (χ4v) is 2.39. The van der Waals surface area contributed by atoms with Gasteiger partial charge in [0.25, 0.3) is 0 Å². The Labute approximate surface area is 75.5 Å². The first kappa shape index (κ1) is 7.06. The average molecular weight is 175 g/mol. The summed E-state index contributed by atoms with van der Waals surface area (Å²) in [6, 6.07) is 0. The largest absolute Gasteiger partial charge is 0.478 e. The number of aliphatic imine (C=N–C) groups is 1. The summed E-state index contributed by atoms with van der Waals surface area (Å²) in [6.45, 7) is 0.775. The maximum Gasteiger partial charge on any atom is 0.336 e. The zero-order valence-electron chi connectivity index (χ0n) is 7.03. The summed E-state index contributed by atoms with van der Waals surface area (Å²) in [5.74, 6) is 0.144. The van der Waals surface area contributed by atoms with Crippen molar-refractivity contribution in [2.24, 2.45) is 16.8 Å². The van der Waals surface area contributed by atoms with Crippen LogP contribution in [0.2, 0.25) is 0 Å². The number of hydrogen-bond acceptors (Lipinski definition) is 2. The number of carboxylic acid groups (broad SMARTS) is 1. The first-order valence-electron chi connectivity index (χ1n) is 4.47. The van der Waals surface area contributed by atoms with Crippen LogP contribution >= 0.6 is 0 Å². The highest BCUT2D eigenvalue weighted by atomic mass is 16.4. The van der Waals surface area contributed by atoms with E-state index in [1.807, 2.05) is 6.21 Å². The summed E-state index contributed by atoms with van der Waals surface area (Å²) in [5, 5.41) is 8.81. The third-order valence-electron chi connectivity index (χ3n) is 3.06. The first-order chi connectivity index (χ1) is 6.29. The number of aliphatic carboxylic acids is 1. The molecule has 2 unspecified atom stereocenters. The molecular formula is C10H9NO2. The van der Waals surface area contributed by atoms with Crippen molar-refractivity contribution < 1.29 is 9.90 Å². The van der Waals surface area contributed by atoms with Crippen LogP contribution < -0.4 is 0 Å². The maximum atomic E-state index is 10.7. The van der Waals surface area contributed by atoms with E-state index in [0.29, 0.717) is 17.4 Å². The van der Waals surface area contributed by atoms with E-state index < -0.39 is 5.97 Å². The summed E-state index contributed by atoms with van der Waals surface area (Å²) >= 11 is 0. The van der Waals surface area contributed by atoms with Gasteiger partial charge in [-0.3, -0.25) is 4.99 Å². The molecule has 0 aromatic heterocycles. The maximum absolute atomic E-state index is 10.7. The van der Waals surface area contributed by atoms with Gasteiger partial charge in [0.15, 0.2) is 0 Å². The van der Waals surface area contributed by atoms with Gasteiger partial charge in [-0.15, -0.1) is 0 Å². The average Bonchev–Trinajstić information content (AvgIpc) is 2.71. The summed E-state index contributed by atoms with van der Waals surface area (Å²) in [4.78, 5) is 14.9. The van der Waals surface area contributed by atoms with Gasteiger partial charge in [-0.25, -0.2) is 4.79 Å². The highest BCUT2D eigenvalue weighted by Crippen LogP contribution is 2.54. The number of hydrogen-bond donors (Lipinski definition) is 1. The van der Waals surface area contributed by atoms with Crippen molar-refractivity contribution in [3.8, 4) is 0 Å². The van der Waals surface area contributed by atoms with Crippen LogP contribution in [0.1, 0.15) is 6.42 Å². The predicted octanol–water partition coefficient (Wildman–Crippen LogP) is 1.03. The fraction of sp³-hybridized carbons (Fsp3) is 0.400. The van der Waals surface area contributed by atoms with E-state index in [9.17, 15) is 4.79 Å². The Morgan fingerprint density at radius 3 is 3.23 bits per heavy atom. The number of carboxylic acids is 1. The van der Waals surface area contributed by atoms with Crippen molar-refractivity contribution in [1.29, 1.82) is 0 Å². The van der Waals surface area contributed by atoms with Gasteiger partial charge >= 0.3 is 5.97 Å². The quantitative estimate of drug-likeness (QED) is 0.647. The normalized spacial score (nSPS) is 34.0. The predicted molar refractivity (Wildman–Crippen MR) is 47.7 cm³/mol. The van der Waals surface area contributed by atoms with E-state index in [4.69, 9.17) is 5.11 Å². The van der Waals surface area contributed by atoms with Crippen molar-refractivity contribution in [3.05, 3.63) is 22.8 Å². The Bertz CT molecular complexity index is 390. The number of rotatable bonds is 1. The lowest BCUT2D eigenvalue weighted by Crippen LogP contribution is -2.17. The zero-order valence-corrected chi connectivity index (χ0v) is 7.03. The number of allylic oxidation sites excluding steroid dienone is 1. The molecule has 3 aliphatic rings. The van der Waals surface area contributed by atoms with Crippen molar-refractivity contribution in [3.63, 3.8) is 0 Å². The minimum absolute atomic E-state index is 0.381. The summed E-state index contributed by atoms with van der Waals surface area (Å²) < 4.78 is 0. The van der Waals surface area contributed by atoms with E-state index in [0.717, 1.165) is 24.1 Å². The van der Waals surface area contributed by atoms with Gasteiger partial charge in [-0.1, -0.05) is 6.08 Å². The molecule has 3 nitrogen and oxygen atoms in total. The van der Waals surface area contributed by atoms with Gasteiger partial charge in [-0.05, 0) is 29.7 Å². The second-order valence-electron chi connectivity index (χ2n) is 3.73. The van der Waals surface area contributed by atoms with Crippen LogP contribution in [0.5, 0.6) is 0 Å². The van der Waals surface area contributed by atoms with Crippen molar-refractivity contribution in [2.45, 2.75) is 6.42 Å². The van der Waals surface area contributed by atoms with Gasteiger partial charge < -0.3 is 5.11 Å². The molecule has 2 atom stereocenters. The Kier molecular flexibility index (Phi) is 1.14. The molecule has 1 N–H and O–H groups in total. The SMILES string of the molecule is O=C(O)C1=C2C1=CC1CC=NCC21. The van der Waals surface area contributed by atoms with Gasteiger partial charge in [0, 0.05) is 12.5 Å². The smallest absolute Gasteiger partial charge is 0.336 e. The molecule has 2 aliphatic carbocycles. The van der Waals surface area contributed by atoms with Gasteiger partial charge in [-0.2, -0.15) is 0 Å². The Balaban J connectivity index is 1.95. The molecule has 0 spiro atoms. The number of nitrogens with zero attached hydrogens (tertiary/aromatic N) is 1. The van der Waals surface area contributed by atoms with E-state index in [-0.39, 0.29) is 0 Å². The van der Waals surface area contributed by atoms with Crippen LogP contribution in [-0.2, 0) is 4.79 Å². The van der Waals surface area contributed by atoms with Crippen LogP contribution in [-0.4, -0.2) is 23.8 Å². The van der Waals surface area contributed by atoms with Crippen LogP contribution in [0, 0.1) is 11.8 Å². The molecule has 0 bridgehead atoms. The molecule has 0 aromatic carbocycles. The van der Waals surface area contributed by atoms with Crippen LogP contribution in [0.25, 0.3) is 0 Å². The van der Waals surface area contributed by atoms with E-state index in [2.05, 4.69) is 11.1 Å². The lowest BCUT2D eigenvalue weighted by molar-refractivity contribution is -0.132. The van der Waals surface area contributed by atoms with Crippen LogP contribution in [0.3, 0.4) is 0 Å². The first-order valence-corrected chi connectivity index (χ1v) is 4.47. The zero-order chi connectivity index (χ0) is 9.00. The molecule has 13 heavy (non-hydrogen) atoms. The third kappa shape index (κ3) is 0.789. The van der Waals surface area contributed by atoms with Crippen LogP contribution in [0.4, 0.5) is 0 Å². The molecule has 0 saturated carbocycles. The number of carbonyl (C=O) groups is 1. The molecule has 0 aromatic rings. The second kappa shape index (κ2) is 2.10. The lowest BCUT2D eigenvalue weighted by Gasteiger charge is -2.19. The van der Waals surface area contributed by atoms with E-state index >= 15 is 0 Å². The number of fused-ring (bicyclic) bond motifs is 3. The van der Waals surface area contributed by atoms with Gasteiger partial charge in [0.1, 0.15) is 0 Å². The topological polar surface area (TPSA) is 49.7 Å². The molecule has 0 radical (unpaired) electrons. The Morgan fingerprint density at radius 2 is 2.46 bits per heavy atom. The van der Waals surface area contributed by atoms with Gasteiger partial charge in [0.05, 0.1) is 5.57 Å². The Hall–Kier alpha value is -1.38. The fourth-order valence-electron chi connectivity index (χ4n) is 2.39. The second-order valence-corrected chi connectivity index (χ2v) is 3.73. The molecule has 3 heteroatoms.